The van der Waals surface area contributed by atoms with E-state index in [9.17, 15) is 0 Å². The second kappa shape index (κ2) is 5.07. The standard InChI is InChI=1S/C14H10ClN3S/c15-12-9-5-4-8-11(12)13-16-17-14(19)18(13)10-6-2-1-3-7-10/h1-9,13H/t13-/m0/s1. The second-order valence-corrected chi connectivity index (χ2v) is 4.87. The molecule has 0 amide bonds. The Kier molecular flexibility index (Phi) is 3.27. The van der Waals surface area contributed by atoms with E-state index in [0.717, 1.165) is 11.3 Å². The van der Waals surface area contributed by atoms with Gasteiger partial charge in [0.25, 0.3) is 0 Å². The molecular formula is C14H10ClN3S. The lowest BCUT2D eigenvalue weighted by molar-refractivity contribution is 0.765. The Morgan fingerprint density at radius 1 is 1.00 bits per heavy atom. The van der Waals surface area contributed by atoms with Gasteiger partial charge in [0.15, 0.2) is 6.17 Å². The van der Waals surface area contributed by atoms with Crippen molar-refractivity contribution >= 4 is 34.6 Å². The van der Waals surface area contributed by atoms with Gasteiger partial charge in [0.1, 0.15) is 0 Å². The van der Waals surface area contributed by atoms with Gasteiger partial charge in [-0.3, -0.25) is 4.90 Å². The van der Waals surface area contributed by atoms with Gasteiger partial charge in [-0.05, 0) is 30.4 Å². The van der Waals surface area contributed by atoms with Gasteiger partial charge >= 0.3 is 0 Å². The van der Waals surface area contributed by atoms with Crippen molar-refractivity contribution < 1.29 is 0 Å². The predicted octanol–water partition coefficient (Wildman–Crippen LogP) is 4.60. The van der Waals surface area contributed by atoms with Crippen molar-refractivity contribution in [2.45, 2.75) is 6.17 Å². The van der Waals surface area contributed by atoms with Gasteiger partial charge in [-0.2, -0.15) is 5.11 Å². The van der Waals surface area contributed by atoms with Crippen LogP contribution in [0.15, 0.2) is 64.8 Å². The van der Waals surface area contributed by atoms with Crippen LogP contribution in [-0.4, -0.2) is 5.11 Å². The van der Waals surface area contributed by atoms with Crippen LogP contribution >= 0.6 is 23.8 Å². The number of para-hydroxylation sites is 1. The molecule has 0 spiro atoms. The Bertz CT molecular complexity index is 642. The zero-order chi connectivity index (χ0) is 13.2. The smallest absolute Gasteiger partial charge is 0.222 e. The van der Waals surface area contributed by atoms with Gasteiger partial charge in [-0.25, -0.2) is 0 Å². The third-order valence-corrected chi connectivity index (χ3v) is 3.54. The second-order valence-electron chi connectivity index (χ2n) is 4.10. The van der Waals surface area contributed by atoms with Crippen molar-refractivity contribution in [3.63, 3.8) is 0 Å². The third kappa shape index (κ3) is 2.25. The number of rotatable bonds is 2. The minimum absolute atomic E-state index is 0.288. The van der Waals surface area contributed by atoms with E-state index in [1.807, 2.05) is 59.5 Å². The number of hydrogen-bond acceptors (Lipinski definition) is 2. The van der Waals surface area contributed by atoms with Crippen LogP contribution in [0.4, 0.5) is 5.69 Å². The van der Waals surface area contributed by atoms with Gasteiger partial charge in [-0.1, -0.05) is 48.0 Å². The largest absolute Gasteiger partial charge is 0.287 e. The lowest BCUT2D eigenvalue weighted by atomic mass is 10.1. The highest BCUT2D eigenvalue weighted by Gasteiger charge is 2.30. The number of anilines is 1. The minimum Gasteiger partial charge on any atom is -0.287 e. The lowest BCUT2D eigenvalue weighted by Gasteiger charge is -2.23. The summed E-state index contributed by atoms with van der Waals surface area (Å²) in [5.74, 6) is 0. The highest BCUT2D eigenvalue weighted by atomic mass is 35.5. The molecule has 0 unspecified atom stereocenters. The van der Waals surface area contributed by atoms with E-state index in [0.29, 0.717) is 10.1 Å². The molecule has 1 atom stereocenters. The van der Waals surface area contributed by atoms with Crippen molar-refractivity contribution in [1.29, 1.82) is 0 Å². The summed E-state index contributed by atoms with van der Waals surface area (Å²) >= 11 is 11.5. The van der Waals surface area contributed by atoms with Crippen molar-refractivity contribution in [3.05, 3.63) is 65.2 Å². The first-order valence-electron chi connectivity index (χ1n) is 5.81. The molecule has 0 aliphatic carbocycles. The molecule has 19 heavy (non-hydrogen) atoms. The number of benzene rings is 2. The molecule has 5 heteroatoms. The van der Waals surface area contributed by atoms with Crippen molar-refractivity contribution in [1.82, 2.24) is 0 Å². The first-order valence-corrected chi connectivity index (χ1v) is 6.59. The number of thiocarbonyl (C=S) groups is 1. The van der Waals surface area contributed by atoms with Crippen LogP contribution in [-0.2, 0) is 0 Å². The van der Waals surface area contributed by atoms with Crippen molar-refractivity contribution in [2.75, 3.05) is 4.90 Å². The average molecular weight is 288 g/mol. The predicted molar refractivity (Wildman–Crippen MR) is 80.6 cm³/mol. The summed E-state index contributed by atoms with van der Waals surface area (Å²) in [6.45, 7) is 0. The number of halogens is 1. The number of hydrogen-bond donors (Lipinski definition) is 0. The quantitative estimate of drug-likeness (QED) is 0.755. The molecule has 2 aromatic rings. The first kappa shape index (κ1) is 12.3. The Morgan fingerprint density at radius 3 is 2.42 bits per heavy atom. The van der Waals surface area contributed by atoms with Crippen LogP contribution in [0.3, 0.4) is 0 Å². The maximum atomic E-state index is 6.23. The molecule has 3 nitrogen and oxygen atoms in total. The summed E-state index contributed by atoms with van der Waals surface area (Å²) < 4.78 is 0. The van der Waals surface area contributed by atoms with E-state index in [2.05, 4.69) is 10.2 Å². The monoisotopic (exact) mass is 287 g/mol. The van der Waals surface area contributed by atoms with Gasteiger partial charge in [0, 0.05) is 16.3 Å². The number of azo groups is 1. The molecule has 1 aliphatic heterocycles. The fraction of sp³-hybridized carbons (Fsp3) is 0.0714. The summed E-state index contributed by atoms with van der Waals surface area (Å²) in [4.78, 5) is 1.90. The minimum atomic E-state index is -0.288. The van der Waals surface area contributed by atoms with E-state index >= 15 is 0 Å². The molecule has 3 rings (SSSR count). The van der Waals surface area contributed by atoms with E-state index in [-0.39, 0.29) is 6.17 Å². The molecule has 0 saturated carbocycles. The summed E-state index contributed by atoms with van der Waals surface area (Å²) in [6, 6.07) is 17.4. The van der Waals surface area contributed by atoms with E-state index in [4.69, 9.17) is 23.8 Å². The fourth-order valence-electron chi connectivity index (χ4n) is 2.03. The van der Waals surface area contributed by atoms with Crippen molar-refractivity contribution in [2.24, 2.45) is 10.2 Å². The topological polar surface area (TPSA) is 28.0 Å². The van der Waals surface area contributed by atoms with Crippen LogP contribution in [0.25, 0.3) is 0 Å². The Hall–Kier alpha value is -1.78. The molecule has 2 aromatic carbocycles. The Labute approximate surface area is 121 Å². The summed E-state index contributed by atoms with van der Waals surface area (Å²) in [6.07, 6.45) is -0.288. The van der Waals surface area contributed by atoms with Crippen LogP contribution < -0.4 is 4.90 Å². The molecule has 0 aromatic heterocycles. The number of nitrogens with zero attached hydrogens (tertiary/aromatic N) is 3. The molecule has 94 valence electrons. The molecule has 0 bridgehead atoms. The highest BCUT2D eigenvalue weighted by molar-refractivity contribution is 7.80. The maximum absolute atomic E-state index is 6.23. The van der Waals surface area contributed by atoms with Gasteiger partial charge < -0.3 is 0 Å². The Balaban J connectivity index is 2.04. The van der Waals surface area contributed by atoms with E-state index < -0.39 is 0 Å². The third-order valence-electron chi connectivity index (χ3n) is 2.92. The van der Waals surface area contributed by atoms with Crippen LogP contribution in [0.5, 0.6) is 0 Å². The van der Waals surface area contributed by atoms with Crippen LogP contribution in [0.2, 0.25) is 5.02 Å². The molecule has 0 saturated heterocycles. The highest BCUT2D eigenvalue weighted by Crippen LogP contribution is 2.36. The summed E-state index contributed by atoms with van der Waals surface area (Å²) in [7, 11) is 0. The molecule has 0 N–H and O–H groups in total. The molecular weight excluding hydrogens is 278 g/mol. The zero-order valence-corrected chi connectivity index (χ0v) is 11.5. The van der Waals surface area contributed by atoms with Crippen LogP contribution in [0.1, 0.15) is 11.7 Å². The van der Waals surface area contributed by atoms with Gasteiger partial charge in [0.05, 0.1) is 0 Å². The normalized spacial score (nSPS) is 18.1. The van der Waals surface area contributed by atoms with Gasteiger partial charge in [0.2, 0.25) is 5.11 Å². The van der Waals surface area contributed by atoms with Crippen molar-refractivity contribution in [3.8, 4) is 0 Å². The SMILES string of the molecule is S=C1N=N[C@H](c2ccccc2Cl)N1c1ccccc1. The zero-order valence-electron chi connectivity index (χ0n) is 9.90. The maximum Gasteiger partial charge on any atom is 0.222 e. The van der Waals surface area contributed by atoms with Crippen LogP contribution in [0, 0.1) is 0 Å². The van der Waals surface area contributed by atoms with E-state index in [1.165, 1.54) is 0 Å². The lowest BCUT2D eigenvalue weighted by Crippen LogP contribution is -2.26. The fourth-order valence-corrected chi connectivity index (χ4v) is 2.52. The van der Waals surface area contributed by atoms with E-state index in [1.54, 1.807) is 0 Å². The summed E-state index contributed by atoms with van der Waals surface area (Å²) in [5.41, 5.74) is 1.86. The van der Waals surface area contributed by atoms with Gasteiger partial charge in [-0.15, -0.1) is 5.11 Å². The average Bonchev–Trinajstić information content (AvgIpc) is 2.82. The summed E-state index contributed by atoms with van der Waals surface area (Å²) in [5, 5.41) is 9.37. The molecule has 1 aliphatic rings. The molecule has 0 radical (unpaired) electrons. The first-order chi connectivity index (χ1) is 9.27. The Morgan fingerprint density at radius 2 is 1.68 bits per heavy atom. The molecule has 1 heterocycles. The molecule has 0 fully saturated rings.